The number of rotatable bonds is 4. The highest BCUT2D eigenvalue weighted by molar-refractivity contribution is 7.99. The fourth-order valence-electron chi connectivity index (χ4n) is 2.71. The molecule has 1 N–H and O–H groups in total. The third-order valence-corrected chi connectivity index (χ3v) is 5.11. The van der Waals surface area contributed by atoms with E-state index in [-0.39, 0.29) is 23.6 Å². The van der Waals surface area contributed by atoms with E-state index in [1.54, 1.807) is 17.7 Å². The zero-order valence-electron chi connectivity index (χ0n) is 13.2. The topological polar surface area (TPSA) is 64.0 Å². The molecule has 1 amide bonds. The summed E-state index contributed by atoms with van der Waals surface area (Å²) in [6.07, 6.45) is 1.89. The number of aromatic nitrogens is 2. The lowest BCUT2D eigenvalue weighted by Crippen LogP contribution is -2.32. The smallest absolute Gasteiger partial charge is 0.257 e. The van der Waals surface area contributed by atoms with E-state index in [9.17, 15) is 9.59 Å². The highest BCUT2D eigenvalue weighted by Crippen LogP contribution is 2.31. The summed E-state index contributed by atoms with van der Waals surface area (Å²) < 4.78 is 1.66. The first-order valence-corrected chi connectivity index (χ1v) is 8.60. The van der Waals surface area contributed by atoms with Gasteiger partial charge < -0.3 is 5.32 Å². The maximum atomic E-state index is 12.3. The number of nitrogens with one attached hydrogen (secondary N) is 1. The van der Waals surface area contributed by atoms with Crippen LogP contribution in [0.15, 0.2) is 46.5 Å². The largest absolute Gasteiger partial charge is 0.350 e. The predicted molar refractivity (Wildman–Crippen MR) is 90.6 cm³/mol. The number of hydrogen-bond donors (Lipinski definition) is 1. The minimum atomic E-state index is -0.127. The molecule has 0 unspecified atom stereocenters. The molecule has 0 fully saturated rings. The van der Waals surface area contributed by atoms with Crippen LogP contribution in [0.4, 0.5) is 0 Å². The Morgan fingerprint density at radius 1 is 1.43 bits per heavy atom. The van der Waals surface area contributed by atoms with Crippen molar-refractivity contribution in [1.29, 1.82) is 0 Å². The number of amides is 1. The van der Waals surface area contributed by atoms with Crippen LogP contribution < -0.4 is 10.9 Å². The number of carbonyl (C=O) groups excluding carboxylic acids is 1. The van der Waals surface area contributed by atoms with Crippen molar-refractivity contribution in [2.24, 2.45) is 0 Å². The minimum absolute atomic E-state index is 0.0473. The van der Waals surface area contributed by atoms with Gasteiger partial charge in [-0.05, 0) is 19.4 Å². The molecule has 2 atom stereocenters. The molecule has 5 nitrogen and oxygen atoms in total. The van der Waals surface area contributed by atoms with E-state index in [1.807, 2.05) is 37.3 Å². The molecule has 0 saturated carbocycles. The number of nitrogens with zero attached hydrogens (tertiary/aromatic N) is 2. The summed E-state index contributed by atoms with van der Waals surface area (Å²) in [7, 11) is 0. The van der Waals surface area contributed by atoms with Crippen LogP contribution in [0.1, 0.15) is 36.6 Å². The highest BCUT2D eigenvalue weighted by atomic mass is 32.2. The highest BCUT2D eigenvalue weighted by Gasteiger charge is 2.28. The molecule has 2 heterocycles. The van der Waals surface area contributed by atoms with Crippen molar-refractivity contribution in [3.8, 4) is 0 Å². The van der Waals surface area contributed by atoms with Crippen molar-refractivity contribution in [1.82, 2.24) is 14.9 Å². The van der Waals surface area contributed by atoms with Gasteiger partial charge in [0.05, 0.1) is 12.1 Å². The molecular weight excluding hydrogens is 310 g/mol. The van der Waals surface area contributed by atoms with Gasteiger partial charge in [0.1, 0.15) is 0 Å². The Hall–Kier alpha value is -2.08. The van der Waals surface area contributed by atoms with Gasteiger partial charge >= 0.3 is 0 Å². The lowest BCUT2D eigenvalue weighted by Gasteiger charge is -2.17. The lowest BCUT2D eigenvalue weighted by molar-refractivity contribution is -0.122. The Labute approximate surface area is 139 Å². The van der Waals surface area contributed by atoms with Crippen LogP contribution in [-0.2, 0) is 4.79 Å². The van der Waals surface area contributed by atoms with Crippen LogP contribution in [0, 0.1) is 6.92 Å². The van der Waals surface area contributed by atoms with E-state index >= 15 is 0 Å². The minimum Gasteiger partial charge on any atom is -0.350 e. The second-order valence-electron chi connectivity index (χ2n) is 5.77. The van der Waals surface area contributed by atoms with Gasteiger partial charge in [-0.1, -0.05) is 42.1 Å². The van der Waals surface area contributed by atoms with Crippen molar-refractivity contribution >= 4 is 17.7 Å². The number of thioether (sulfide) groups is 1. The summed E-state index contributed by atoms with van der Waals surface area (Å²) in [4.78, 5) is 28.9. The molecule has 0 aliphatic carbocycles. The molecular formula is C17H19N3O2S. The van der Waals surface area contributed by atoms with E-state index in [2.05, 4.69) is 10.3 Å². The van der Waals surface area contributed by atoms with E-state index in [4.69, 9.17) is 0 Å². The maximum absolute atomic E-state index is 12.3. The van der Waals surface area contributed by atoms with Gasteiger partial charge in [0.25, 0.3) is 5.56 Å². The SMILES string of the molecule is Cc1cnc2n(c1=O)[C@H](CC(=O)N[C@H](C)c1ccccc1)CS2. The van der Waals surface area contributed by atoms with E-state index < -0.39 is 0 Å². The fraction of sp³-hybridized carbons (Fsp3) is 0.353. The van der Waals surface area contributed by atoms with Gasteiger partial charge in [0, 0.05) is 23.9 Å². The first kappa shape index (κ1) is 15.8. The quantitative estimate of drug-likeness (QED) is 0.875. The summed E-state index contributed by atoms with van der Waals surface area (Å²) in [5.41, 5.74) is 1.63. The normalized spacial score (nSPS) is 17.6. The van der Waals surface area contributed by atoms with Gasteiger partial charge in [-0.3, -0.25) is 14.2 Å². The Bertz CT molecular complexity index is 773. The van der Waals surface area contributed by atoms with Gasteiger partial charge in [-0.15, -0.1) is 0 Å². The molecule has 0 bridgehead atoms. The zero-order chi connectivity index (χ0) is 16.4. The molecule has 0 radical (unpaired) electrons. The molecule has 3 rings (SSSR count). The molecule has 2 aromatic rings. The molecule has 0 spiro atoms. The van der Waals surface area contributed by atoms with Crippen LogP contribution >= 0.6 is 11.8 Å². The number of hydrogen-bond acceptors (Lipinski definition) is 4. The summed E-state index contributed by atoms with van der Waals surface area (Å²) >= 11 is 1.53. The molecule has 1 aliphatic heterocycles. The van der Waals surface area contributed by atoms with Crippen molar-refractivity contribution in [2.75, 3.05) is 5.75 Å². The van der Waals surface area contributed by atoms with Gasteiger partial charge in [0.2, 0.25) is 5.91 Å². The van der Waals surface area contributed by atoms with Crippen molar-refractivity contribution in [3.63, 3.8) is 0 Å². The second-order valence-corrected chi connectivity index (χ2v) is 6.75. The van der Waals surface area contributed by atoms with Gasteiger partial charge in [-0.25, -0.2) is 4.98 Å². The Balaban J connectivity index is 1.69. The van der Waals surface area contributed by atoms with Crippen LogP contribution in [0.25, 0.3) is 0 Å². The predicted octanol–water partition coefficient (Wildman–Crippen LogP) is 2.47. The number of aryl methyl sites for hydroxylation is 1. The third kappa shape index (κ3) is 3.32. The van der Waals surface area contributed by atoms with Crippen molar-refractivity contribution in [3.05, 3.63) is 58.0 Å². The second kappa shape index (κ2) is 6.58. The molecule has 6 heteroatoms. The number of benzene rings is 1. The number of carbonyl (C=O) groups is 1. The summed E-state index contributed by atoms with van der Waals surface area (Å²) in [5, 5.41) is 3.71. The third-order valence-electron chi connectivity index (χ3n) is 4.00. The summed E-state index contributed by atoms with van der Waals surface area (Å²) in [6.45, 7) is 3.71. The fourth-order valence-corrected chi connectivity index (χ4v) is 3.82. The molecule has 1 aromatic heterocycles. The Morgan fingerprint density at radius 2 is 2.17 bits per heavy atom. The van der Waals surface area contributed by atoms with E-state index in [0.717, 1.165) is 5.56 Å². The van der Waals surface area contributed by atoms with Crippen LogP contribution in [0.2, 0.25) is 0 Å². The molecule has 1 aliphatic rings. The van der Waals surface area contributed by atoms with Crippen molar-refractivity contribution < 1.29 is 4.79 Å². The van der Waals surface area contributed by atoms with Gasteiger partial charge in [0.15, 0.2) is 5.16 Å². The van der Waals surface area contributed by atoms with Crippen LogP contribution in [-0.4, -0.2) is 21.2 Å². The standard InChI is InChI=1S/C17H19N3O2S/c1-11-9-18-17-20(16(11)22)14(10-23-17)8-15(21)19-12(2)13-6-4-3-5-7-13/h3-7,9,12,14H,8,10H2,1-2H3,(H,19,21)/t12-,14-/m1/s1. The van der Waals surface area contributed by atoms with Crippen molar-refractivity contribution in [2.45, 2.75) is 37.5 Å². The zero-order valence-corrected chi connectivity index (χ0v) is 14.0. The Kier molecular flexibility index (Phi) is 4.52. The molecule has 120 valence electrons. The Morgan fingerprint density at radius 3 is 2.91 bits per heavy atom. The van der Waals surface area contributed by atoms with Gasteiger partial charge in [-0.2, -0.15) is 0 Å². The van der Waals surface area contributed by atoms with Crippen LogP contribution in [0.5, 0.6) is 0 Å². The molecule has 1 aromatic carbocycles. The van der Waals surface area contributed by atoms with E-state index in [1.165, 1.54) is 11.8 Å². The first-order valence-electron chi connectivity index (χ1n) is 7.61. The molecule has 0 saturated heterocycles. The molecule has 23 heavy (non-hydrogen) atoms. The lowest BCUT2D eigenvalue weighted by atomic mass is 10.1. The maximum Gasteiger partial charge on any atom is 0.257 e. The summed E-state index contributed by atoms with van der Waals surface area (Å²) in [6, 6.07) is 9.66. The first-order chi connectivity index (χ1) is 11.1. The average Bonchev–Trinajstić information content (AvgIpc) is 2.95. The number of fused-ring (bicyclic) bond motifs is 1. The summed E-state index contributed by atoms with van der Waals surface area (Å²) in [5.74, 6) is 0.659. The monoisotopic (exact) mass is 329 g/mol. The average molecular weight is 329 g/mol. The van der Waals surface area contributed by atoms with E-state index in [0.29, 0.717) is 22.9 Å². The van der Waals surface area contributed by atoms with Crippen LogP contribution in [0.3, 0.4) is 0 Å².